The minimum absolute atomic E-state index is 0.148. The third kappa shape index (κ3) is 4.58. The number of esters is 1. The van der Waals surface area contributed by atoms with Crippen LogP contribution >= 0.6 is 67.8 Å². The van der Waals surface area contributed by atoms with Crippen LogP contribution in [0, 0.1) is 10.7 Å². The molecule has 0 saturated heterocycles. The van der Waals surface area contributed by atoms with E-state index in [1.807, 2.05) is 28.7 Å². The van der Waals surface area contributed by atoms with Gasteiger partial charge in [0.15, 0.2) is 0 Å². The van der Waals surface area contributed by atoms with Crippen LogP contribution in [0.15, 0.2) is 6.07 Å². The Kier molecular flexibility index (Phi) is 7.07. The van der Waals surface area contributed by atoms with Crippen LogP contribution in [-0.2, 0) is 9.53 Å². The van der Waals surface area contributed by atoms with Gasteiger partial charge in [-0.25, -0.2) is 0 Å². The van der Waals surface area contributed by atoms with Crippen LogP contribution in [-0.4, -0.2) is 25.0 Å². The standard InChI is InChI=1S/C11H11I3N2O3/c1-2-19-7(17)4-16-11(18)8-5(12)3-6(13)10(15)9(8)14/h3H,2,4,15H2,1H3,(H,16,18). The molecular formula is C11H11I3N2O3. The molecular weight excluding hydrogens is 589 g/mol. The van der Waals surface area contributed by atoms with E-state index in [2.05, 4.69) is 50.5 Å². The molecule has 0 heterocycles. The van der Waals surface area contributed by atoms with Crippen LogP contribution < -0.4 is 11.1 Å². The normalized spacial score (nSPS) is 10.1. The van der Waals surface area contributed by atoms with E-state index in [1.165, 1.54) is 0 Å². The Balaban J connectivity index is 2.89. The van der Waals surface area contributed by atoms with E-state index in [0.717, 1.165) is 7.14 Å². The first-order chi connectivity index (χ1) is 8.88. The molecule has 3 N–H and O–H groups in total. The van der Waals surface area contributed by atoms with Crippen molar-refractivity contribution in [3.05, 3.63) is 22.3 Å². The van der Waals surface area contributed by atoms with E-state index in [1.54, 1.807) is 6.92 Å². The van der Waals surface area contributed by atoms with Crippen molar-refractivity contribution >= 4 is 85.3 Å². The Morgan fingerprint density at radius 3 is 2.53 bits per heavy atom. The smallest absolute Gasteiger partial charge is 0.325 e. The monoisotopic (exact) mass is 600 g/mol. The fourth-order valence-corrected chi connectivity index (χ4v) is 5.13. The van der Waals surface area contributed by atoms with Crippen molar-refractivity contribution in [2.75, 3.05) is 18.9 Å². The lowest BCUT2D eigenvalue weighted by Gasteiger charge is -2.11. The molecule has 0 fully saturated rings. The Bertz CT molecular complexity index is 520. The topological polar surface area (TPSA) is 81.4 Å². The predicted octanol–water partition coefficient (Wildman–Crippen LogP) is 2.38. The first-order valence-corrected chi connectivity index (χ1v) is 8.48. The van der Waals surface area contributed by atoms with Crippen molar-refractivity contribution < 1.29 is 14.3 Å². The van der Waals surface area contributed by atoms with Crippen molar-refractivity contribution in [2.24, 2.45) is 0 Å². The van der Waals surface area contributed by atoms with Gasteiger partial charge in [-0.1, -0.05) is 0 Å². The quantitative estimate of drug-likeness (QED) is 0.317. The van der Waals surface area contributed by atoms with Crippen molar-refractivity contribution in [3.63, 3.8) is 0 Å². The molecule has 1 amide bonds. The number of amides is 1. The first-order valence-electron chi connectivity index (χ1n) is 5.25. The van der Waals surface area contributed by atoms with Crippen molar-refractivity contribution in [1.82, 2.24) is 5.32 Å². The van der Waals surface area contributed by atoms with Gasteiger partial charge in [0.2, 0.25) is 0 Å². The fourth-order valence-electron chi connectivity index (χ4n) is 1.27. The lowest BCUT2D eigenvalue weighted by molar-refractivity contribution is -0.141. The summed E-state index contributed by atoms with van der Waals surface area (Å²) >= 11 is 6.23. The van der Waals surface area contributed by atoms with E-state index in [4.69, 9.17) is 10.5 Å². The summed E-state index contributed by atoms with van der Waals surface area (Å²) in [5.41, 5.74) is 6.96. The highest BCUT2D eigenvalue weighted by atomic mass is 127. The molecule has 0 atom stereocenters. The number of nitrogens with one attached hydrogen (secondary N) is 1. The summed E-state index contributed by atoms with van der Waals surface area (Å²) in [6.45, 7) is 1.86. The number of anilines is 1. The van der Waals surface area contributed by atoms with E-state index in [-0.39, 0.29) is 12.5 Å². The Hall–Kier alpha value is 0.150. The first kappa shape index (κ1) is 17.2. The molecule has 0 bridgehead atoms. The van der Waals surface area contributed by atoms with Gasteiger partial charge in [-0.15, -0.1) is 0 Å². The van der Waals surface area contributed by atoms with Gasteiger partial charge in [0.25, 0.3) is 5.91 Å². The minimum Gasteiger partial charge on any atom is -0.465 e. The van der Waals surface area contributed by atoms with Crippen LogP contribution in [0.2, 0.25) is 0 Å². The highest BCUT2D eigenvalue weighted by Gasteiger charge is 2.19. The number of nitrogen functional groups attached to an aromatic ring is 1. The summed E-state index contributed by atoms with van der Waals surface area (Å²) in [5.74, 6) is -0.788. The number of carbonyl (C=O) groups is 2. The van der Waals surface area contributed by atoms with Crippen LogP contribution in [0.25, 0.3) is 0 Å². The van der Waals surface area contributed by atoms with Gasteiger partial charge in [0, 0.05) is 7.14 Å². The number of halogens is 3. The van der Waals surface area contributed by atoms with Crippen molar-refractivity contribution in [1.29, 1.82) is 0 Å². The van der Waals surface area contributed by atoms with Crippen LogP contribution in [0.1, 0.15) is 17.3 Å². The zero-order valence-corrected chi connectivity index (χ0v) is 16.4. The van der Waals surface area contributed by atoms with Gasteiger partial charge in [0.1, 0.15) is 6.54 Å². The van der Waals surface area contributed by atoms with Gasteiger partial charge < -0.3 is 15.8 Å². The molecule has 0 spiro atoms. The van der Waals surface area contributed by atoms with Crippen LogP contribution in [0.5, 0.6) is 0 Å². The lowest BCUT2D eigenvalue weighted by atomic mass is 10.2. The number of hydrogen-bond acceptors (Lipinski definition) is 4. The number of nitrogens with two attached hydrogens (primary N) is 1. The summed E-state index contributed by atoms with van der Waals surface area (Å²) in [5, 5.41) is 2.53. The van der Waals surface area contributed by atoms with Gasteiger partial charge in [0.05, 0.1) is 21.4 Å². The fraction of sp³-hybridized carbons (Fsp3) is 0.273. The summed E-state index contributed by atoms with van der Waals surface area (Å²) < 4.78 is 7.13. The molecule has 0 aliphatic rings. The van der Waals surface area contributed by atoms with E-state index in [9.17, 15) is 9.59 Å². The molecule has 1 aromatic carbocycles. The number of hydrogen-bond donors (Lipinski definition) is 2. The molecule has 0 aliphatic heterocycles. The largest absolute Gasteiger partial charge is 0.465 e. The maximum absolute atomic E-state index is 12.1. The zero-order chi connectivity index (χ0) is 14.6. The number of rotatable bonds is 4. The van der Waals surface area contributed by atoms with Crippen molar-refractivity contribution in [3.8, 4) is 0 Å². The Labute approximate surface area is 151 Å². The maximum atomic E-state index is 12.1. The second-order valence-corrected chi connectivity index (χ2v) is 6.83. The molecule has 5 nitrogen and oxygen atoms in total. The van der Waals surface area contributed by atoms with E-state index in [0.29, 0.717) is 21.4 Å². The number of benzene rings is 1. The molecule has 8 heteroatoms. The highest BCUT2D eigenvalue weighted by molar-refractivity contribution is 14.1. The van der Waals surface area contributed by atoms with Crippen LogP contribution in [0.3, 0.4) is 0 Å². The van der Waals surface area contributed by atoms with E-state index >= 15 is 0 Å². The Morgan fingerprint density at radius 2 is 1.95 bits per heavy atom. The molecule has 19 heavy (non-hydrogen) atoms. The van der Waals surface area contributed by atoms with E-state index < -0.39 is 5.97 Å². The van der Waals surface area contributed by atoms with Gasteiger partial charge in [-0.3, -0.25) is 9.59 Å². The summed E-state index contributed by atoms with van der Waals surface area (Å²) in [7, 11) is 0. The van der Waals surface area contributed by atoms with Gasteiger partial charge >= 0.3 is 5.97 Å². The third-order valence-corrected chi connectivity index (χ3v) is 4.99. The molecule has 1 rings (SSSR count). The lowest BCUT2D eigenvalue weighted by Crippen LogP contribution is -2.32. The second-order valence-electron chi connectivity index (χ2n) is 3.43. The zero-order valence-electron chi connectivity index (χ0n) is 9.93. The molecule has 0 saturated carbocycles. The van der Waals surface area contributed by atoms with Crippen LogP contribution in [0.4, 0.5) is 5.69 Å². The molecule has 104 valence electrons. The SMILES string of the molecule is CCOC(=O)CNC(=O)c1c(I)cc(I)c(N)c1I. The molecule has 0 aromatic heterocycles. The third-order valence-electron chi connectivity index (χ3n) is 2.13. The maximum Gasteiger partial charge on any atom is 0.325 e. The predicted molar refractivity (Wildman–Crippen MR) is 98.0 cm³/mol. The molecule has 1 aromatic rings. The molecule has 0 aliphatic carbocycles. The average molecular weight is 600 g/mol. The molecule has 0 unspecified atom stereocenters. The number of carbonyl (C=O) groups excluding carboxylic acids is 2. The summed E-state index contributed by atoms with van der Waals surface area (Å²) in [6, 6.07) is 1.83. The van der Waals surface area contributed by atoms with Gasteiger partial charge in [-0.2, -0.15) is 0 Å². The minimum atomic E-state index is -0.459. The Morgan fingerprint density at radius 1 is 1.32 bits per heavy atom. The van der Waals surface area contributed by atoms with Crippen molar-refractivity contribution in [2.45, 2.75) is 6.92 Å². The molecule has 0 radical (unpaired) electrons. The van der Waals surface area contributed by atoms with Gasteiger partial charge in [-0.05, 0) is 80.8 Å². The average Bonchev–Trinajstić information content (AvgIpc) is 2.34. The highest BCUT2D eigenvalue weighted by Crippen LogP contribution is 2.29. The second kappa shape index (κ2) is 7.81. The number of ether oxygens (including phenoxy) is 1. The summed E-state index contributed by atoms with van der Waals surface area (Å²) in [6.07, 6.45) is 0. The summed E-state index contributed by atoms with van der Waals surface area (Å²) in [4.78, 5) is 23.3.